The molecule has 9 rings (SSSR count). The Balaban J connectivity index is 1.24. The highest BCUT2D eigenvalue weighted by molar-refractivity contribution is 6.36. The number of aromatic nitrogens is 1. The Morgan fingerprint density at radius 1 is 0.375 bits per heavy atom. The van der Waals surface area contributed by atoms with Crippen LogP contribution in [0.3, 0.4) is 0 Å². The lowest BCUT2D eigenvalue weighted by Gasteiger charge is -2.18. The first kappa shape index (κ1) is 27.8. The van der Waals surface area contributed by atoms with E-state index in [1.54, 1.807) is 6.07 Å². The van der Waals surface area contributed by atoms with E-state index in [0.29, 0.717) is 22.5 Å². The first-order chi connectivity index (χ1) is 23.7. The molecule has 0 aliphatic carbocycles. The number of imide groups is 1. The van der Waals surface area contributed by atoms with Crippen molar-refractivity contribution < 1.29 is 9.59 Å². The number of anilines is 1. The van der Waals surface area contributed by atoms with Crippen molar-refractivity contribution in [2.24, 2.45) is 0 Å². The fraction of sp³-hybridized carbons (Fsp3) is 0. The summed E-state index contributed by atoms with van der Waals surface area (Å²) in [6.07, 6.45) is 0. The number of carbonyl (C=O) groups excluding carboxylic acids is 2. The molecular weight excluding hydrogens is 588 g/mol. The van der Waals surface area contributed by atoms with Crippen molar-refractivity contribution in [1.29, 1.82) is 0 Å². The summed E-state index contributed by atoms with van der Waals surface area (Å²) >= 11 is 0. The Labute approximate surface area is 277 Å². The van der Waals surface area contributed by atoms with Gasteiger partial charge in [-0.2, -0.15) is 0 Å². The highest BCUT2D eigenvalue weighted by atomic mass is 16.2. The maximum absolute atomic E-state index is 14.7. The molecule has 0 saturated heterocycles. The van der Waals surface area contributed by atoms with E-state index in [4.69, 9.17) is 0 Å². The van der Waals surface area contributed by atoms with Crippen LogP contribution in [0.25, 0.3) is 60.9 Å². The molecule has 0 N–H and O–H groups in total. The van der Waals surface area contributed by atoms with Crippen LogP contribution >= 0.6 is 0 Å². The zero-order chi connectivity index (χ0) is 32.2. The number of rotatable bonds is 5. The van der Waals surface area contributed by atoms with Crippen molar-refractivity contribution in [1.82, 2.24) is 4.57 Å². The summed E-state index contributed by atoms with van der Waals surface area (Å²) in [5, 5.41) is 2.17. The largest absolute Gasteiger partial charge is 0.308 e. The maximum Gasteiger partial charge on any atom is 0.268 e. The van der Waals surface area contributed by atoms with Gasteiger partial charge in [0.2, 0.25) is 0 Å². The Morgan fingerprint density at radius 2 is 0.938 bits per heavy atom. The van der Waals surface area contributed by atoms with Crippen LogP contribution in [0.2, 0.25) is 0 Å². The highest BCUT2D eigenvalue weighted by Crippen LogP contribution is 2.40. The summed E-state index contributed by atoms with van der Waals surface area (Å²) < 4.78 is 2.14. The molecule has 0 atom stereocenters. The molecule has 1 aromatic heterocycles. The van der Waals surface area contributed by atoms with Crippen LogP contribution in [0.1, 0.15) is 20.7 Å². The molecule has 48 heavy (non-hydrogen) atoms. The van der Waals surface area contributed by atoms with Crippen molar-refractivity contribution in [3.8, 4) is 39.1 Å². The quantitative estimate of drug-likeness (QED) is 0.181. The van der Waals surface area contributed by atoms with E-state index in [-0.39, 0.29) is 11.8 Å². The number of nitrogens with zero attached hydrogens (tertiary/aromatic N) is 2. The number of benzene rings is 7. The van der Waals surface area contributed by atoms with Crippen molar-refractivity contribution in [2.75, 3.05) is 4.90 Å². The van der Waals surface area contributed by atoms with Gasteiger partial charge in [-0.25, -0.2) is 4.90 Å². The molecule has 2 heterocycles. The molecule has 0 bridgehead atoms. The lowest BCUT2D eigenvalue weighted by atomic mass is 9.97. The second-order valence-corrected chi connectivity index (χ2v) is 12.1. The summed E-state index contributed by atoms with van der Waals surface area (Å²) in [6.45, 7) is 0. The van der Waals surface area contributed by atoms with Crippen molar-refractivity contribution in [3.63, 3.8) is 0 Å². The van der Waals surface area contributed by atoms with Crippen molar-refractivity contribution >= 4 is 39.3 Å². The summed E-state index contributed by atoms with van der Waals surface area (Å²) in [6, 6.07) is 56.7. The van der Waals surface area contributed by atoms with Crippen LogP contribution in [-0.2, 0) is 0 Å². The molecule has 2 amide bonds. The predicted octanol–water partition coefficient (Wildman–Crippen LogP) is 10.6. The second kappa shape index (κ2) is 11.1. The second-order valence-electron chi connectivity index (χ2n) is 12.1. The SMILES string of the molecule is O=C1c2cccc(-n3c4ccccc4c4ccc(-c5ccccc5)cc43)c2C(=O)N1c1cc(-c2ccccc2)cc(-c2ccccc2)c1. The van der Waals surface area contributed by atoms with Gasteiger partial charge in [0.1, 0.15) is 0 Å². The van der Waals surface area contributed by atoms with E-state index in [9.17, 15) is 9.59 Å². The lowest BCUT2D eigenvalue weighted by molar-refractivity contribution is 0.0926. The summed E-state index contributed by atoms with van der Waals surface area (Å²) in [5.74, 6) is -0.660. The Morgan fingerprint density at radius 3 is 1.58 bits per heavy atom. The van der Waals surface area contributed by atoms with Gasteiger partial charge in [0, 0.05) is 10.8 Å². The van der Waals surface area contributed by atoms with Crippen molar-refractivity contribution in [3.05, 3.63) is 181 Å². The van der Waals surface area contributed by atoms with E-state index >= 15 is 0 Å². The first-order valence-corrected chi connectivity index (χ1v) is 16.0. The third kappa shape index (κ3) is 4.38. The molecule has 7 aromatic carbocycles. The maximum atomic E-state index is 14.7. The average Bonchev–Trinajstić information content (AvgIpc) is 3.62. The molecular formula is C44H28N2O2. The van der Waals surface area contributed by atoms with Crippen LogP contribution in [0.4, 0.5) is 5.69 Å². The van der Waals surface area contributed by atoms with E-state index < -0.39 is 0 Å². The van der Waals surface area contributed by atoms with Gasteiger partial charge >= 0.3 is 0 Å². The van der Waals surface area contributed by atoms with E-state index in [2.05, 4.69) is 53.1 Å². The monoisotopic (exact) mass is 616 g/mol. The normalized spacial score (nSPS) is 12.6. The van der Waals surface area contributed by atoms with Crippen molar-refractivity contribution in [2.45, 2.75) is 0 Å². The number of fused-ring (bicyclic) bond motifs is 4. The zero-order valence-corrected chi connectivity index (χ0v) is 25.9. The molecule has 4 heteroatoms. The molecule has 1 aliphatic heterocycles. The number of carbonyl (C=O) groups is 2. The third-order valence-corrected chi connectivity index (χ3v) is 9.30. The molecule has 0 spiro atoms. The minimum Gasteiger partial charge on any atom is -0.308 e. The fourth-order valence-electron chi connectivity index (χ4n) is 7.06. The Hall–Kier alpha value is -6.52. The molecule has 1 aliphatic rings. The first-order valence-electron chi connectivity index (χ1n) is 16.0. The van der Waals surface area contributed by atoms with Crippen LogP contribution in [0.5, 0.6) is 0 Å². The van der Waals surface area contributed by atoms with Crippen LogP contribution < -0.4 is 4.90 Å². The highest BCUT2D eigenvalue weighted by Gasteiger charge is 2.39. The molecule has 8 aromatic rings. The van der Waals surface area contributed by atoms with E-state index in [1.807, 2.05) is 115 Å². The standard InChI is InChI=1S/C44H28N2O2/c47-43-38-20-12-22-40(46-39-21-11-10-19-36(39)37-24-23-32(28-41(37)46)29-13-4-1-5-14-29)42(38)44(48)45(43)35-26-33(30-15-6-2-7-16-30)25-34(27-35)31-17-8-3-9-18-31/h1-28H. The molecule has 0 unspecified atom stereocenters. The minimum atomic E-state index is -0.333. The van der Waals surface area contributed by atoms with Crippen LogP contribution in [0.15, 0.2) is 170 Å². The molecule has 0 radical (unpaired) electrons. The van der Waals surface area contributed by atoms with Gasteiger partial charge in [0.25, 0.3) is 11.8 Å². The smallest absolute Gasteiger partial charge is 0.268 e. The molecule has 0 fully saturated rings. The predicted molar refractivity (Wildman–Crippen MR) is 195 cm³/mol. The van der Waals surface area contributed by atoms with Gasteiger partial charge < -0.3 is 4.57 Å². The number of para-hydroxylation sites is 1. The zero-order valence-electron chi connectivity index (χ0n) is 25.9. The Kier molecular flexibility index (Phi) is 6.41. The molecule has 226 valence electrons. The summed E-state index contributed by atoms with van der Waals surface area (Å²) in [5.41, 5.74) is 10.0. The van der Waals surface area contributed by atoms with Gasteiger partial charge in [-0.05, 0) is 75.8 Å². The third-order valence-electron chi connectivity index (χ3n) is 9.30. The van der Waals surface area contributed by atoms with E-state index in [0.717, 1.165) is 55.2 Å². The van der Waals surface area contributed by atoms with Gasteiger partial charge in [0.15, 0.2) is 0 Å². The number of hydrogen-bond donors (Lipinski definition) is 0. The van der Waals surface area contributed by atoms with Gasteiger partial charge in [-0.3, -0.25) is 9.59 Å². The van der Waals surface area contributed by atoms with Gasteiger partial charge in [0.05, 0.1) is 33.5 Å². The number of hydrogen-bond acceptors (Lipinski definition) is 2. The lowest BCUT2D eigenvalue weighted by Crippen LogP contribution is -2.29. The Bertz CT molecular complexity index is 2480. The molecule has 0 saturated carbocycles. The minimum absolute atomic E-state index is 0.327. The summed E-state index contributed by atoms with van der Waals surface area (Å²) in [4.78, 5) is 30.3. The number of amides is 2. The topological polar surface area (TPSA) is 42.3 Å². The van der Waals surface area contributed by atoms with Crippen LogP contribution in [-0.4, -0.2) is 16.4 Å². The van der Waals surface area contributed by atoms with Gasteiger partial charge in [-0.1, -0.05) is 127 Å². The van der Waals surface area contributed by atoms with Gasteiger partial charge in [-0.15, -0.1) is 0 Å². The summed E-state index contributed by atoms with van der Waals surface area (Å²) in [7, 11) is 0. The fourth-order valence-corrected chi connectivity index (χ4v) is 7.06. The van der Waals surface area contributed by atoms with Crippen LogP contribution in [0, 0.1) is 0 Å². The average molecular weight is 617 g/mol. The molecule has 4 nitrogen and oxygen atoms in total. The van der Waals surface area contributed by atoms with E-state index in [1.165, 1.54) is 4.90 Å².